The lowest BCUT2D eigenvalue weighted by Crippen LogP contribution is -2.26. The van der Waals surface area contributed by atoms with Crippen LogP contribution in [0.25, 0.3) is 0 Å². The highest BCUT2D eigenvalue weighted by Gasteiger charge is 2.32. The van der Waals surface area contributed by atoms with Gasteiger partial charge in [-0.3, -0.25) is 9.59 Å². The third-order valence-electron chi connectivity index (χ3n) is 6.28. The van der Waals surface area contributed by atoms with Crippen LogP contribution in [-0.4, -0.2) is 11.7 Å². The summed E-state index contributed by atoms with van der Waals surface area (Å²) in [7, 11) is 0. The van der Waals surface area contributed by atoms with Gasteiger partial charge in [0.1, 0.15) is 11.1 Å². The van der Waals surface area contributed by atoms with Gasteiger partial charge in [-0.15, -0.1) is 11.3 Å². The number of amides is 1. The largest absolute Gasteiger partial charge is 0.312 e. The lowest BCUT2D eigenvalue weighted by atomic mass is 9.72. The first-order valence-corrected chi connectivity index (χ1v) is 11.7. The van der Waals surface area contributed by atoms with Crippen LogP contribution in [0.1, 0.15) is 69.5 Å². The number of fused-ring (bicyclic) bond motifs is 1. The number of ketones is 1. The molecule has 0 fully saturated rings. The number of hydrogen-bond donors (Lipinski definition) is 1. The van der Waals surface area contributed by atoms with Gasteiger partial charge in [-0.2, -0.15) is 5.26 Å². The molecule has 0 bridgehead atoms. The van der Waals surface area contributed by atoms with E-state index in [1.165, 1.54) is 16.2 Å². The van der Waals surface area contributed by atoms with Gasteiger partial charge in [-0.25, -0.2) is 0 Å². The van der Waals surface area contributed by atoms with E-state index in [0.717, 1.165) is 24.8 Å². The van der Waals surface area contributed by atoms with E-state index in [9.17, 15) is 14.9 Å². The van der Waals surface area contributed by atoms with Crippen molar-refractivity contribution < 1.29 is 9.59 Å². The SMILES string of the molecule is CC(C)(C)[C@H]1CCc2c(sc(NC(=O)c3ccccc3C(=O)c3ccccc3)c2C#N)C1. The molecular formula is C27H26N2O2S. The Labute approximate surface area is 192 Å². The first-order valence-electron chi connectivity index (χ1n) is 10.8. The summed E-state index contributed by atoms with van der Waals surface area (Å²) in [5.41, 5.74) is 3.03. The van der Waals surface area contributed by atoms with Gasteiger partial charge in [0.2, 0.25) is 0 Å². The quantitative estimate of drug-likeness (QED) is 0.485. The number of nitrogens with one attached hydrogen (secondary N) is 1. The number of hydrogen-bond acceptors (Lipinski definition) is 4. The monoisotopic (exact) mass is 442 g/mol. The maximum atomic E-state index is 13.2. The number of thiophene rings is 1. The molecule has 4 rings (SSSR count). The molecule has 162 valence electrons. The summed E-state index contributed by atoms with van der Waals surface area (Å²) < 4.78 is 0. The van der Waals surface area contributed by atoms with E-state index in [4.69, 9.17) is 0 Å². The number of carbonyl (C=O) groups excluding carboxylic acids is 2. The molecule has 0 saturated heterocycles. The van der Waals surface area contributed by atoms with E-state index < -0.39 is 0 Å². The van der Waals surface area contributed by atoms with E-state index in [0.29, 0.717) is 33.2 Å². The second kappa shape index (κ2) is 8.72. The summed E-state index contributed by atoms with van der Waals surface area (Å²) >= 11 is 1.50. The fourth-order valence-electron chi connectivity index (χ4n) is 4.33. The zero-order valence-electron chi connectivity index (χ0n) is 18.6. The minimum atomic E-state index is -0.368. The van der Waals surface area contributed by atoms with E-state index in [2.05, 4.69) is 32.2 Å². The third-order valence-corrected chi connectivity index (χ3v) is 7.45. The average molecular weight is 443 g/mol. The summed E-state index contributed by atoms with van der Waals surface area (Å²) in [5.74, 6) is -0.0179. The molecule has 1 atom stereocenters. The van der Waals surface area contributed by atoms with Crippen molar-refractivity contribution >= 4 is 28.0 Å². The van der Waals surface area contributed by atoms with Crippen LogP contribution in [0.5, 0.6) is 0 Å². The zero-order valence-corrected chi connectivity index (χ0v) is 19.4. The summed E-state index contributed by atoms with van der Waals surface area (Å²) in [6.45, 7) is 6.76. The van der Waals surface area contributed by atoms with Crippen LogP contribution in [0.15, 0.2) is 54.6 Å². The third kappa shape index (κ3) is 4.24. The van der Waals surface area contributed by atoms with Gasteiger partial charge in [-0.1, -0.05) is 69.3 Å². The van der Waals surface area contributed by atoms with E-state index >= 15 is 0 Å². The van der Waals surface area contributed by atoms with Crippen LogP contribution in [-0.2, 0) is 12.8 Å². The molecule has 1 N–H and O–H groups in total. The average Bonchev–Trinajstić information content (AvgIpc) is 3.14. The maximum absolute atomic E-state index is 13.2. The number of anilines is 1. The van der Waals surface area contributed by atoms with Crippen molar-refractivity contribution in [2.75, 3.05) is 5.32 Å². The lowest BCUT2D eigenvalue weighted by molar-refractivity contribution is 0.0996. The second-order valence-electron chi connectivity index (χ2n) is 9.32. The fraction of sp³-hybridized carbons (Fsp3) is 0.296. The molecule has 1 heterocycles. The van der Waals surface area contributed by atoms with Gasteiger partial charge in [0.05, 0.1) is 11.1 Å². The topological polar surface area (TPSA) is 70.0 Å². The fourth-order valence-corrected chi connectivity index (χ4v) is 5.60. The Morgan fingerprint density at radius 2 is 1.69 bits per heavy atom. The van der Waals surface area contributed by atoms with Crippen LogP contribution in [0.3, 0.4) is 0 Å². The Kier molecular flexibility index (Phi) is 5.99. The van der Waals surface area contributed by atoms with Crippen molar-refractivity contribution in [3.63, 3.8) is 0 Å². The molecule has 32 heavy (non-hydrogen) atoms. The number of nitrogens with zero attached hydrogens (tertiary/aromatic N) is 1. The van der Waals surface area contributed by atoms with Crippen molar-refractivity contribution in [2.24, 2.45) is 11.3 Å². The Morgan fingerprint density at radius 1 is 1.03 bits per heavy atom. The molecule has 2 aromatic carbocycles. The van der Waals surface area contributed by atoms with Crippen LogP contribution in [0.4, 0.5) is 5.00 Å². The Balaban J connectivity index is 1.63. The predicted octanol–water partition coefficient (Wildman–Crippen LogP) is 6.25. The minimum Gasteiger partial charge on any atom is -0.312 e. The van der Waals surface area contributed by atoms with Crippen molar-refractivity contribution in [3.05, 3.63) is 87.3 Å². The van der Waals surface area contributed by atoms with Crippen molar-refractivity contribution in [1.29, 1.82) is 5.26 Å². The smallest absolute Gasteiger partial charge is 0.257 e. The van der Waals surface area contributed by atoms with Crippen LogP contribution in [0, 0.1) is 22.7 Å². The predicted molar refractivity (Wildman–Crippen MR) is 128 cm³/mol. The number of nitriles is 1. The Morgan fingerprint density at radius 3 is 2.34 bits per heavy atom. The molecule has 0 radical (unpaired) electrons. The second-order valence-corrected chi connectivity index (χ2v) is 10.4. The Bertz CT molecular complexity index is 1210. The van der Waals surface area contributed by atoms with Crippen molar-refractivity contribution in [2.45, 2.75) is 40.0 Å². The van der Waals surface area contributed by atoms with Gasteiger partial charge < -0.3 is 5.32 Å². The highest BCUT2D eigenvalue weighted by molar-refractivity contribution is 7.16. The number of rotatable bonds is 4. The lowest BCUT2D eigenvalue weighted by Gasteiger charge is -2.33. The molecule has 3 aromatic rings. The molecule has 0 unspecified atom stereocenters. The molecule has 4 nitrogen and oxygen atoms in total. The normalized spacial score (nSPS) is 15.5. The van der Waals surface area contributed by atoms with E-state index in [1.54, 1.807) is 48.5 Å². The summed E-state index contributed by atoms with van der Waals surface area (Å²) in [5, 5.41) is 13.3. The van der Waals surface area contributed by atoms with E-state index in [1.807, 2.05) is 6.07 Å². The molecule has 1 aliphatic carbocycles. The molecule has 0 saturated carbocycles. The highest BCUT2D eigenvalue weighted by Crippen LogP contribution is 2.44. The first kappa shape index (κ1) is 22.0. The van der Waals surface area contributed by atoms with Gasteiger partial charge in [0.15, 0.2) is 5.78 Å². The Hall–Kier alpha value is -3.23. The maximum Gasteiger partial charge on any atom is 0.257 e. The van der Waals surface area contributed by atoms with Gasteiger partial charge in [0, 0.05) is 16.0 Å². The van der Waals surface area contributed by atoms with Gasteiger partial charge in [0.25, 0.3) is 5.91 Å². The highest BCUT2D eigenvalue weighted by atomic mass is 32.1. The molecule has 1 amide bonds. The molecule has 0 aliphatic heterocycles. The molecule has 5 heteroatoms. The summed E-state index contributed by atoms with van der Waals surface area (Å²) in [4.78, 5) is 27.4. The van der Waals surface area contributed by atoms with Crippen molar-refractivity contribution in [3.8, 4) is 6.07 Å². The number of benzene rings is 2. The van der Waals surface area contributed by atoms with Gasteiger partial charge in [-0.05, 0) is 42.2 Å². The molecule has 0 spiro atoms. The van der Waals surface area contributed by atoms with Crippen LogP contribution >= 0.6 is 11.3 Å². The summed E-state index contributed by atoms with van der Waals surface area (Å²) in [6.07, 6.45) is 2.83. The summed E-state index contributed by atoms with van der Waals surface area (Å²) in [6, 6.07) is 18.1. The van der Waals surface area contributed by atoms with Crippen molar-refractivity contribution in [1.82, 2.24) is 0 Å². The van der Waals surface area contributed by atoms with Crippen LogP contribution in [0.2, 0.25) is 0 Å². The van der Waals surface area contributed by atoms with Gasteiger partial charge >= 0.3 is 0 Å². The molecular weight excluding hydrogens is 416 g/mol. The standard InChI is InChI=1S/C27H26N2O2S/c1-27(2,3)18-13-14-19-22(16-28)26(32-23(19)15-18)29-25(31)21-12-8-7-11-20(21)24(30)17-9-5-4-6-10-17/h4-12,18H,13-15H2,1-3H3,(H,29,31)/t18-/m0/s1. The number of carbonyl (C=O) groups is 2. The zero-order chi connectivity index (χ0) is 22.9. The first-order chi connectivity index (χ1) is 15.3. The molecule has 1 aromatic heterocycles. The van der Waals surface area contributed by atoms with Crippen LogP contribution < -0.4 is 5.32 Å². The minimum absolute atomic E-state index is 0.199. The van der Waals surface area contributed by atoms with E-state index in [-0.39, 0.29) is 17.1 Å². The molecule has 1 aliphatic rings.